The molecule has 11 heteroatoms. The minimum atomic E-state index is -0.168. The van der Waals surface area contributed by atoms with E-state index in [2.05, 4.69) is 32.3 Å². The number of thiazole rings is 1. The second-order valence-electron chi connectivity index (χ2n) is 7.90. The number of carbonyl (C=O) groups is 1. The van der Waals surface area contributed by atoms with Crippen LogP contribution in [-0.4, -0.2) is 57.5 Å². The zero-order valence-corrected chi connectivity index (χ0v) is 22.1. The van der Waals surface area contributed by atoms with Gasteiger partial charge in [-0.2, -0.15) is 0 Å². The number of anilines is 1. The second-order valence-corrected chi connectivity index (χ2v) is 10.1. The Bertz CT molecular complexity index is 1290. The molecule has 0 aliphatic carbocycles. The van der Waals surface area contributed by atoms with Gasteiger partial charge in [0.25, 0.3) is 0 Å². The van der Waals surface area contributed by atoms with Crippen molar-refractivity contribution in [3.63, 3.8) is 0 Å². The molecule has 1 N–H and O–H groups in total. The fourth-order valence-corrected chi connectivity index (χ4v) is 4.84. The largest absolute Gasteiger partial charge is 0.497 e. The maximum atomic E-state index is 12.7. The molecule has 0 aliphatic heterocycles. The Kier molecular flexibility index (Phi) is 8.07. The predicted molar refractivity (Wildman–Crippen MR) is 142 cm³/mol. The quantitative estimate of drug-likeness (QED) is 0.291. The lowest BCUT2D eigenvalue weighted by Gasteiger charge is -2.20. The van der Waals surface area contributed by atoms with Crippen LogP contribution < -0.4 is 10.1 Å². The lowest BCUT2D eigenvalue weighted by molar-refractivity contribution is -0.113. The first-order chi connectivity index (χ1) is 16.9. The van der Waals surface area contributed by atoms with Crippen molar-refractivity contribution in [3.8, 4) is 22.7 Å². The number of carbonyl (C=O) groups excluding carboxylic acids is 1. The lowest BCUT2D eigenvalue weighted by atomic mass is 10.2. The first kappa shape index (κ1) is 25.2. The van der Waals surface area contributed by atoms with Crippen molar-refractivity contribution in [2.24, 2.45) is 0 Å². The summed E-state index contributed by atoms with van der Waals surface area (Å²) in [5, 5.41) is 15.4. The van der Waals surface area contributed by atoms with Gasteiger partial charge in [-0.1, -0.05) is 23.4 Å². The Morgan fingerprint density at radius 1 is 1.17 bits per heavy atom. The van der Waals surface area contributed by atoms with E-state index in [4.69, 9.17) is 16.3 Å². The van der Waals surface area contributed by atoms with E-state index in [1.54, 1.807) is 7.11 Å². The summed E-state index contributed by atoms with van der Waals surface area (Å²) in [6, 6.07) is 15.1. The van der Waals surface area contributed by atoms with Gasteiger partial charge in [0, 0.05) is 21.7 Å². The van der Waals surface area contributed by atoms with Crippen molar-refractivity contribution in [3.05, 3.63) is 64.8 Å². The Balaban J connectivity index is 1.46. The molecule has 4 aromatic rings. The van der Waals surface area contributed by atoms with E-state index in [0.717, 1.165) is 28.5 Å². The van der Waals surface area contributed by atoms with Gasteiger partial charge >= 0.3 is 0 Å². The third-order valence-electron chi connectivity index (χ3n) is 5.36. The van der Waals surface area contributed by atoms with Crippen LogP contribution in [0.5, 0.6) is 5.75 Å². The van der Waals surface area contributed by atoms with E-state index in [1.807, 2.05) is 72.6 Å². The molecule has 4 rings (SSSR count). The van der Waals surface area contributed by atoms with E-state index in [9.17, 15) is 4.79 Å². The summed E-state index contributed by atoms with van der Waals surface area (Å²) in [5.41, 5.74) is 2.64. The van der Waals surface area contributed by atoms with Crippen LogP contribution in [0.25, 0.3) is 16.9 Å². The van der Waals surface area contributed by atoms with Gasteiger partial charge in [-0.15, -0.1) is 21.5 Å². The Morgan fingerprint density at radius 3 is 2.54 bits per heavy atom. The van der Waals surface area contributed by atoms with Crippen LogP contribution >= 0.6 is 34.7 Å². The summed E-state index contributed by atoms with van der Waals surface area (Å²) in [7, 11) is 5.60. The Labute approximate surface area is 217 Å². The number of methoxy groups -OCH3 is 1. The SMILES string of the molecule is COc1ccc(-c2csc(NC(=O)CSc3nnc([C@H](C)N(C)C)n3-c3ccc(Cl)cc3)n2)cc1. The summed E-state index contributed by atoms with van der Waals surface area (Å²) in [5.74, 6) is 1.56. The number of benzene rings is 2. The zero-order valence-electron chi connectivity index (χ0n) is 19.7. The van der Waals surface area contributed by atoms with Crippen LogP contribution in [0.2, 0.25) is 5.02 Å². The van der Waals surface area contributed by atoms with Crippen LogP contribution in [0.15, 0.2) is 59.1 Å². The standard InChI is InChI=1S/C24H25ClN6O2S2/c1-15(30(2)3)22-28-29-24(31(22)18-9-7-17(25)8-10-18)35-14-21(32)27-23-26-20(13-34-23)16-5-11-19(33-4)12-6-16/h5-13,15H,14H2,1-4H3,(H,26,27,32)/t15-/m0/s1. The number of amides is 1. The fraction of sp³-hybridized carbons (Fsp3) is 0.250. The smallest absolute Gasteiger partial charge is 0.236 e. The summed E-state index contributed by atoms with van der Waals surface area (Å²) in [6.07, 6.45) is 0. The summed E-state index contributed by atoms with van der Waals surface area (Å²) in [4.78, 5) is 19.3. The summed E-state index contributed by atoms with van der Waals surface area (Å²) < 4.78 is 7.16. The van der Waals surface area contributed by atoms with Crippen molar-refractivity contribution in [2.45, 2.75) is 18.1 Å². The van der Waals surface area contributed by atoms with Gasteiger partial charge in [-0.05, 0) is 69.6 Å². The van der Waals surface area contributed by atoms with Crippen molar-refractivity contribution in [2.75, 3.05) is 32.3 Å². The van der Waals surface area contributed by atoms with Gasteiger partial charge in [-0.25, -0.2) is 4.98 Å². The summed E-state index contributed by atoms with van der Waals surface area (Å²) >= 11 is 8.78. The highest BCUT2D eigenvalue weighted by Crippen LogP contribution is 2.29. The van der Waals surface area contributed by atoms with Gasteiger partial charge < -0.3 is 10.1 Å². The lowest BCUT2D eigenvalue weighted by Crippen LogP contribution is -2.21. The molecule has 8 nitrogen and oxygen atoms in total. The molecule has 0 aliphatic rings. The zero-order chi connectivity index (χ0) is 24.9. The van der Waals surface area contributed by atoms with Crippen molar-refractivity contribution >= 4 is 45.7 Å². The maximum Gasteiger partial charge on any atom is 0.236 e. The molecule has 2 heterocycles. The molecule has 1 atom stereocenters. The predicted octanol–water partition coefficient (Wildman–Crippen LogP) is 5.41. The van der Waals surface area contributed by atoms with Crippen LogP contribution in [0.1, 0.15) is 18.8 Å². The first-order valence-corrected chi connectivity index (χ1v) is 13.0. The van der Waals surface area contributed by atoms with Gasteiger partial charge in [0.05, 0.1) is 24.6 Å². The van der Waals surface area contributed by atoms with E-state index in [-0.39, 0.29) is 17.7 Å². The number of halogens is 1. The topological polar surface area (TPSA) is 85.2 Å². The molecule has 0 saturated heterocycles. The van der Waals surface area contributed by atoms with E-state index < -0.39 is 0 Å². The third-order valence-corrected chi connectivity index (χ3v) is 7.30. The summed E-state index contributed by atoms with van der Waals surface area (Å²) in [6.45, 7) is 2.06. The number of nitrogens with one attached hydrogen (secondary N) is 1. The van der Waals surface area contributed by atoms with Gasteiger partial charge in [0.15, 0.2) is 16.1 Å². The molecule has 0 fully saturated rings. The van der Waals surface area contributed by atoms with E-state index in [0.29, 0.717) is 15.3 Å². The molecule has 35 heavy (non-hydrogen) atoms. The van der Waals surface area contributed by atoms with Crippen LogP contribution in [0.4, 0.5) is 5.13 Å². The fourth-order valence-electron chi connectivity index (χ4n) is 3.22. The third kappa shape index (κ3) is 6.02. The number of hydrogen-bond donors (Lipinski definition) is 1. The average Bonchev–Trinajstić information content (AvgIpc) is 3.50. The van der Waals surface area contributed by atoms with Gasteiger partial charge in [0.2, 0.25) is 5.91 Å². The molecule has 0 bridgehead atoms. The van der Waals surface area contributed by atoms with Crippen LogP contribution in [0, 0.1) is 0 Å². The van der Waals surface area contributed by atoms with Gasteiger partial charge in [-0.3, -0.25) is 14.3 Å². The minimum absolute atomic E-state index is 0.0213. The van der Waals surface area contributed by atoms with Crippen molar-refractivity contribution in [1.82, 2.24) is 24.6 Å². The van der Waals surface area contributed by atoms with Crippen LogP contribution in [0.3, 0.4) is 0 Å². The normalized spacial score (nSPS) is 12.1. The Hall–Kier alpha value is -2.92. The highest BCUT2D eigenvalue weighted by Gasteiger charge is 2.21. The molecule has 2 aromatic carbocycles. The molecule has 0 radical (unpaired) electrons. The van der Waals surface area contributed by atoms with E-state index >= 15 is 0 Å². The number of hydrogen-bond acceptors (Lipinski definition) is 8. The number of rotatable bonds is 9. The molecule has 182 valence electrons. The maximum absolute atomic E-state index is 12.7. The van der Waals surface area contributed by atoms with Crippen molar-refractivity contribution in [1.29, 1.82) is 0 Å². The highest BCUT2D eigenvalue weighted by atomic mass is 35.5. The molecule has 0 unspecified atom stereocenters. The molecule has 2 aromatic heterocycles. The molecular formula is C24H25ClN6O2S2. The number of ether oxygens (including phenoxy) is 1. The van der Waals surface area contributed by atoms with E-state index in [1.165, 1.54) is 23.1 Å². The molecule has 0 saturated carbocycles. The number of thioether (sulfide) groups is 1. The van der Waals surface area contributed by atoms with Crippen molar-refractivity contribution < 1.29 is 9.53 Å². The molecule has 1 amide bonds. The minimum Gasteiger partial charge on any atom is -0.497 e. The monoisotopic (exact) mass is 528 g/mol. The first-order valence-electron chi connectivity index (χ1n) is 10.8. The highest BCUT2D eigenvalue weighted by molar-refractivity contribution is 7.99. The number of aromatic nitrogens is 4. The van der Waals surface area contributed by atoms with Gasteiger partial charge in [0.1, 0.15) is 5.75 Å². The molecule has 0 spiro atoms. The number of nitrogens with zero attached hydrogens (tertiary/aromatic N) is 5. The molecular weight excluding hydrogens is 504 g/mol. The average molecular weight is 529 g/mol. The second kappa shape index (κ2) is 11.2. The Morgan fingerprint density at radius 2 is 1.89 bits per heavy atom. The van der Waals surface area contributed by atoms with Crippen LogP contribution in [-0.2, 0) is 4.79 Å².